The second-order valence-corrected chi connectivity index (χ2v) is 6.27. The fourth-order valence-corrected chi connectivity index (χ4v) is 2.60. The summed E-state index contributed by atoms with van der Waals surface area (Å²) >= 11 is 0. The number of rotatable bonds is 3. The maximum absolute atomic E-state index is 2.32. The van der Waals surface area contributed by atoms with Crippen LogP contribution in [0.4, 0.5) is 0 Å². The van der Waals surface area contributed by atoms with Crippen molar-refractivity contribution in [2.45, 2.75) is 38.9 Å². The second-order valence-electron chi connectivity index (χ2n) is 2.09. The molecule has 0 heterocycles. The van der Waals surface area contributed by atoms with E-state index in [9.17, 15) is 0 Å². The summed E-state index contributed by atoms with van der Waals surface area (Å²) in [6, 6.07) is 4.48. The largest absolute Gasteiger partial charge is 0.344 e. The maximum atomic E-state index is 2.32. The first-order chi connectivity index (χ1) is 3.35. The Morgan fingerprint density at radius 3 is 1.12 bits per heavy atom. The lowest BCUT2D eigenvalue weighted by Gasteiger charge is -2.03. The molecular weight excluding hydrogens is 114 g/mol. The van der Waals surface area contributed by atoms with Gasteiger partial charge in [0.15, 0.2) is 0 Å². The van der Waals surface area contributed by atoms with E-state index in [1.54, 1.807) is 0 Å². The molecule has 0 aliphatic heterocycles. The first-order valence-corrected chi connectivity index (χ1v) is 5.80. The van der Waals surface area contributed by atoms with Crippen molar-refractivity contribution < 1.29 is 0 Å². The Kier molecular flexibility index (Phi) is 9.90. The molecule has 0 saturated heterocycles. The highest BCUT2D eigenvalue weighted by molar-refractivity contribution is 6.58. The maximum Gasteiger partial charge on any atom is 0.0359 e. The van der Waals surface area contributed by atoms with E-state index < -0.39 is 0 Å². The van der Waals surface area contributed by atoms with Crippen LogP contribution in [0, 0.1) is 0 Å². The molecule has 0 aromatic carbocycles. The van der Waals surface area contributed by atoms with Gasteiger partial charge in [0.05, 0.1) is 0 Å². The quantitative estimate of drug-likeness (QED) is 0.590. The summed E-state index contributed by atoms with van der Waals surface area (Å²) in [5.41, 5.74) is 0. The van der Waals surface area contributed by atoms with Crippen molar-refractivity contribution in [3.8, 4) is 0 Å². The Hall–Kier alpha value is 0.177. The molecule has 8 heavy (non-hydrogen) atoms. The van der Waals surface area contributed by atoms with Gasteiger partial charge in [0.1, 0.15) is 0 Å². The minimum atomic E-state index is -0.171. The molecule has 3 N–H and O–H groups in total. The van der Waals surface area contributed by atoms with E-state index in [0.717, 1.165) is 0 Å². The molecule has 2 heteroatoms. The van der Waals surface area contributed by atoms with Gasteiger partial charge in [0.25, 0.3) is 0 Å². The molecule has 52 valence electrons. The van der Waals surface area contributed by atoms with Gasteiger partial charge in [0, 0.05) is 8.80 Å². The van der Waals surface area contributed by atoms with Gasteiger partial charge in [-0.25, -0.2) is 0 Å². The Balaban J connectivity index is 0. The van der Waals surface area contributed by atoms with Crippen LogP contribution in [0.15, 0.2) is 0 Å². The summed E-state index contributed by atoms with van der Waals surface area (Å²) in [7, 11) is -0.171. The molecule has 0 amide bonds. The molecule has 0 saturated carbocycles. The van der Waals surface area contributed by atoms with Crippen LogP contribution in [0.25, 0.3) is 0 Å². The summed E-state index contributed by atoms with van der Waals surface area (Å²) in [5.74, 6) is 0. The highest BCUT2D eigenvalue weighted by atomic mass is 28.3. The average molecular weight is 133 g/mol. The zero-order valence-electron chi connectivity index (χ0n) is 6.41. The van der Waals surface area contributed by atoms with Crippen molar-refractivity contribution >= 4 is 8.80 Å². The summed E-state index contributed by atoms with van der Waals surface area (Å²) in [6.45, 7) is 6.97. The molecule has 0 aromatic rings. The zero-order chi connectivity index (χ0) is 5.70. The van der Waals surface area contributed by atoms with Crippen molar-refractivity contribution in [2.24, 2.45) is 0 Å². The van der Waals surface area contributed by atoms with Crippen LogP contribution < -0.4 is 6.15 Å². The van der Waals surface area contributed by atoms with Crippen molar-refractivity contribution in [1.82, 2.24) is 6.15 Å². The van der Waals surface area contributed by atoms with Gasteiger partial charge in [-0.3, -0.25) is 0 Å². The predicted octanol–water partition coefficient (Wildman–Crippen LogP) is 2.44. The predicted molar refractivity (Wildman–Crippen MR) is 43.6 cm³/mol. The molecule has 0 bridgehead atoms. The van der Waals surface area contributed by atoms with Crippen LogP contribution in [0.3, 0.4) is 0 Å². The minimum absolute atomic E-state index is 0. The smallest absolute Gasteiger partial charge is 0.0359 e. The normalized spacial score (nSPS) is 9.00. The van der Waals surface area contributed by atoms with Crippen LogP contribution in [0.1, 0.15) is 20.8 Å². The van der Waals surface area contributed by atoms with Gasteiger partial charge < -0.3 is 6.15 Å². The molecule has 0 aliphatic rings. The van der Waals surface area contributed by atoms with Crippen LogP contribution in [-0.2, 0) is 0 Å². The fourth-order valence-electron chi connectivity index (χ4n) is 0.866. The SMILES string of the molecule is CC[SiH](CC)CC.N. The first kappa shape index (κ1) is 11.0. The first-order valence-electron chi connectivity index (χ1n) is 3.35. The van der Waals surface area contributed by atoms with Crippen LogP contribution in [0.5, 0.6) is 0 Å². The fraction of sp³-hybridized carbons (Fsp3) is 1.00. The Labute approximate surface area is 54.7 Å². The third-order valence-corrected chi connectivity index (χ3v) is 5.20. The van der Waals surface area contributed by atoms with Gasteiger partial charge >= 0.3 is 0 Å². The molecular formula is C6H19NSi. The summed E-state index contributed by atoms with van der Waals surface area (Å²) in [4.78, 5) is 0. The molecule has 0 radical (unpaired) electrons. The van der Waals surface area contributed by atoms with Crippen LogP contribution in [0.2, 0.25) is 18.1 Å². The standard InChI is InChI=1S/C6H16Si.H3N/c1-4-7(5-2)6-3;/h7H,4-6H2,1-3H3;1H3. The van der Waals surface area contributed by atoms with Crippen LogP contribution in [-0.4, -0.2) is 8.80 Å². The van der Waals surface area contributed by atoms with Crippen molar-refractivity contribution in [2.75, 3.05) is 0 Å². The summed E-state index contributed by atoms with van der Waals surface area (Å²) in [5, 5.41) is 0. The minimum Gasteiger partial charge on any atom is -0.344 e. The molecule has 0 spiro atoms. The van der Waals surface area contributed by atoms with Crippen LogP contribution >= 0.6 is 0 Å². The molecule has 0 aromatic heterocycles. The Morgan fingerprint density at radius 2 is 1.12 bits per heavy atom. The van der Waals surface area contributed by atoms with E-state index in [1.165, 1.54) is 18.1 Å². The van der Waals surface area contributed by atoms with Crippen molar-refractivity contribution in [1.29, 1.82) is 0 Å². The number of hydrogen-bond acceptors (Lipinski definition) is 1. The highest BCUT2D eigenvalue weighted by Gasteiger charge is 1.98. The van der Waals surface area contributed by atoms with Gasteiger partial charge in [-0.15, -0.1) is 0 Å². The second kappa shape index (κ2) is 7.18. The van der Waals surface area contributed by atoms with E-state index in [4.69, 9.17) is 0 Å². The number of hydrogen-bond donors (Lipinski definition) is 1. The van der Waals surface area contributed by atoms with Gasteiger partial charge in [0.2, 0.25) is 0 Å². The monoisotopic (exact) mass is 133 g/mol. The lowest BCUT2D eigenvalue weighted by atomic mass is 10.9. The van der Waals surface area contributed by atoms with E-state index in [1.807, 2.05) is 0 Å². The third kappa shape index (κ3) is 4.34. The average Bonchev–Trinajstić information content (AvgIpc) is 1.72. The van der Waals surface area contributed by atoms with Crippen molar-refractivity contribution in [3.63, 3.8) is 0 Å². The van der Waals surface area contributed by atoms with E-state index >= 15 is 0 Å². The Morgan fingerprint density at radius 1 is 0.875 bits per heavy atom. The van der Waals surface area contributed by atoms with Gasteiger partial charge in [-0.05, 0) is 0 Å². The summed E-state index contributed by atoms with van der Waals surface area (Å²) < 4.78 is 0. The molecule has 0 aliphatic carbocycles. The summed E-state index contributed by atoms with van der Waals surface area (Å²) in [6.07, 6.45) is 0. The molecule has 1 nitrogen and oxygen atoms in total. The molecule has 0 unspecified atom stereocenters. The molecule has 0 rings (SSSR count). The van der Waals surface area contributed by atoms with E-state index in [-0.39, 0.29) is 14.9 Å². The van der Waals surface area contributed by atoms with E-state index in [2.05, 4.69) is 20.8 Å². The molecule has 0 fully saturated rings. The highest BCUT2D eigenvalue weighted by Crippen LogP contribution is 2.01. The lowest BCUT2D eigenvalue weighted by Crippen LogP contribution is -2.04. The lowest BCUT2D eigenvalue weighted by molar-refractivity contribution is 1.24. The topological polar surface area (TPSA) is 35.0 Å². The Bertz CT molecular complexity index is 30.0. The zero-order valence-corrected chi connectivity index (χ0v) is 7.56. The van der Waals surface area contributed by atoms with E-state index in [0.29, 0.717) is 0 Å². The van der Waals surface area contributed by atoms with Crippen molar-refractivity contribution in [3.05, 3.63) is 0 Å². The van der Waals surface area contributed by atoms with Gasteiger partial charge in [-0.2, -0.15) is 0 Å². The van der Waals surface area contributed by atoms with Gasteiger partial charge in [-0.1, -0.05) is 38.9 Å². The third-order valence-electron chi connectivity index (χ3n) is 1.73. The molecule has 0 atom stereocenters.